The van der Waals surface area contributed by atoms with Crippen LogP contribution in [0.5, 0.6) is 0 Å². The molecule has 0 aromatic heterocycles. The molecule has 1 N–H and O–H groups in total. The Hall–Kier alpha value is -0.0800. The fraction of sp³-hybridized carbons (Fsp3) is 1.00. The summed E-state index contributed by atoms with van der Waals surface area (Å²) in [5, 5.41) is 3.62. The molecule has 2 heteroatoms. The van der Waals surface area contributed by atoms with Crippen molar-refractivity contribution in [3.8, 4) is 0 Å². The van der Waals surface area contributed by atoms with Gasteiger partial charge < -0.3 is 10.2 Å². The van der Waals surface area contributed by atoms with Crippen molar-refractivity contribution in [3.63, 3.8) is 0 Å². The first-order chi connectivity index (χ1) is 6.60. The van der Waals surface area contributed by atoms with Gasteiger partial charge in [0.1, 0.15) is 0 Å². The molecular formula is C12H28N2. The normalized spacial score (nSPS) is 15.9. The summed E-state index contributed by atoms with van der Waals surface area (Å²) in [5.74, 6) is 0.854. The van der Waals surface area contributed by atoms with Crippen LogP contribution in [0.1, 0.15) is 40.0 Å². The molecular weight excluding hydrogens is 172 g/mol. The van der Waals surface area contributed by atoms with Gasteiger partial charge in [0.05, 0.1) is 0 Å². The average molecular weight is 200 g/mol. The van der Waals surface area contributed by atoms with E-state index in [0.29, 0.717) is 6.04 Å². The van der Waals surface area contributed by atoms with Crippen LogP contribution in [0.4, 0.5) is 0 Å². The van der Waals surface area contributed by atoms with E-state index in [1.807, 2.05) is 0 Å². The van der Waals surface area contributed by atoms with Crippen molar-refractivity contribution in [2.24, 2.45) is 5.92 Å². The number of hydrogen-bond acceptors (Lipinski definition) is 2. The molecule has 0 rings (SSSR count). The van der Waals surface area contributed by atoms with Gasteiger partial charge in [-0.25, -0.2) is 0 Å². The lowest BCUT2D eigenvalue weighted by Gasteiger charge is -2.21. The summed E-state index contributed by atoms with van der Waals surface area (Å²) in [6.45, 7) is 9.14. The fourth-order valence-electron chi connectivity index (χ4n) is 1.54. The van der Waals surface area contributed by atoms with Gasteiger partial charge in [0, 0.05) is 19.1 Å². The predicted octanol–water partition coefficient (Wildman–Crippen LogP) is 2.35. The van der Waals surface area contributed by atoms with Crippen LogP contribution in [0.2, 0.25) is 0 Å². The highest BCUT2D eigenvalue weighted by atomic mass is 15.1. The third kappa shape index (κ3) is 7.34. The van der Waals surface area contributed by atoms with Crippen molar-refractivity contribution in [2.75, 3.05) is 27.2 Å². The molecule has 0 fully saturated rings. The molecule has 2 nitrogen and oxygen atoms in total. The van der Waals surface area contributed by atoms with Gasteiger partial charge in [0.15, 0.2) is 0 Å². The van der Waals surface area contributed by atoms with Crippen molar-refractivity contribution in [2.45, 2.75) is 46.1 Å². The summed E-state index contributed by atoms with van der Waals surface area (Å²) in [5.41, 5.74) is 0. The van der Waals surface area contributed by atoms with E-state index in [2.05, 4.69) is 45.1 Å². The molecule has 0 amide bonds. The van der Waals surface area contributed by atoms with Crippen LogP contribution < -0.4 is 5.32 Å². The maximum absolute atomic E-state index is 3.62. The highest BCUT2D eigenvalue weighted by molar-refractivity contribution is 4.68. The zero-order valence-electron chi connectivity index (χ0n) is 10.6. The second-order valence-corrected chi connectivity index (χ2v) is 4.61. The molecule has 0 spiro atoms. The van der Waals surface area contributed by atoms with Crippen LogP contribution in [-0.4, -0.2) is 38.1 Å². The van der Waals surface area contributed by atoms with Crippen LogP contribution in [0.15, 0.2) is 0 Å². The van der Waals surface area contributed by atoms with Crippen LogP contribution in [-0.2, 0) is 0 Å². The molecule has 0 aromatic rings. The summed E-state index contributed by atoms with van der Waals surface area (Å²) < 4.78 is 0. The molecule has 0 aliphatic rings. The molecule has 0 saturated carbocycles. The lowest BCUT2D eigenvalue weighted by molar-refractivity contribution is 0.348. The van der Waals surface area contributed by atoms with Gasteiger partial charge in [0.2, 0.25) is 0 Å². The van der Waals surface area contributed by atoms with Crippen LogP contribution in [0.3, 0.4) is 0 Å². The quantitative estimate of drug-likeness (QED) is 0.647. The first-order valence-electron chi connectivity index (χ1n) is 5.98. The van der Waals surface area contributed by atoms with E-state index in [4.69, 9.17) is 0 Å². The van der Waals surface area contributed by atoms with Crippen molar-refractivity contribution < 1.29 is 0 Å². The number of likely N-dealkylation sites (N-methyl/N-ethyl adjacent to an activating group) is 1. The Morgan fingerprint density at radius 3 is 2.21 bits per heavy atom. The van der Waals surface area contributed by atoms with Gasteiger partial charge in [-0.1, -0.05) is 27.2 Å². The van der Waals surface area contributed by atoms with E-state index in [0.717, 1.165) is 19.0 Å². The molecule has 0 aromatic carbocycles. The maximum atomic E-state index is 3.62. The second-order valence-electron chi connectivity index (χ2n) is 4.61. The van der Waals surface area contributed by atoms with E-state index in [1.165, 1.54) is 19.3 Å². The molecule has 2 atom stereocenters. The fourth-order valence-corrected chi connectivity index (χ4v) is 1.54. The summed E-state index contributed by atoms with van der Waals surface area (Å²) in [6, 6.07) is 0.713. The molecule has 0 heterocycles. The van der Waals surface area contributed by atoms with Gasteiger partial charge in [-0.15, -0.1) is 0 Å². The summed E-state index contributed by atoms with van der Waals surface area (Å²) in [7, 11) is 4.24. The van der Waals surface area contributed by atoms with Crippen molar-refractivity contribution in [3.05, 3.63) is 0 Å². The van der Waals surface area contributed by atoms with Crippen LogP contribution in [0, 0.1) is 5.92 Å². The summed E-state index contributed by atoms with van der Waals surface area (Å²) >= 11 is 0. The Morgan fingerprint density at radius 2 is 1.79 bits per heavy atom. The van der Waals surface area contributed by atoms with Gasteiger partial charge in [0.25, 0.3) is 0 Å². The Labute approximate surface area is 90.1 Å². The zero-order chi connectivity index (χ0) is 11.0. The highest BCUT2D eigenvalue weighted by Crippen LogP contribution is 2.11. The standard InChI is InChI=1S/C12H28N2/c1-6-11(3)10-12(7-2)13-8-9-14(4)5/h11-13H,6-10H2,1-5H3. The molecule has 86 valence electrons. The van der Waals surface area contributed by atoms with E-state index in [-0.39, 0.29) is 0 Å². The molecule has 0 aliphatic heterocycles. The Bertz CT molecular complexity index is 123. The van der Waals surface area contributed by atoms with Crippen LogP contribution >= 0.6 is 0 Å². The van der Waals surface area contributed by atoms with Gasteiger partial charge in [-0.2, -0.15) is 0 Å². The first kappa shape index (κ1) is 13.9. The van der Waals surface area contributed by atoms with Crippen molar-refractivity contribution >= 4 is 0 Å². The van der Waals surface area contributed by atoms with E-state index in [9.17, 15) is 0 Å². The number of nitrogens with zero attached hydrogens (tertiary/aromatic N) is 1. The van der Waals surface area contributed by atoms with Crippen LogP contribution in [0.25, 0.3) is 0 Å². The average Bonchev–Trinajstić information content (AvgIpc) is 2.15. The highest BCUT2D eigenvalue weighted by Gasteiger charge is 2.09. The lowest BCUT2D eigenvalue weighted by atomic mass is 9.98. The molecule has 2 unspecified atom stereocenters. The SMILES string of the molecule is CCC(C)CC(CC)NCCN(C)C. The lowest BCUT2D eigenvalue weighted by Crippen LogP contribution is -2.35. The summed E-state index contributed by atoms with van der Waals surface area (Å²) in [4.78, 5) is 2.23. The molecule has 14 heavy (non-hydrogen) atoms. The maximum Gasteiger partial charge on any atom is 0.0101 e. The smallest absolute Gasteiger partial charge is 0.0101 e. The van der Waals surface area contributed by atoms with Gasteiger partial charge in [-0.05, 0) is 32.9 Å². The zero-order valence-corrected chi connectivity index (χ0v) is 10.6. The topological polar surface area (TPSA) is 15.3 Å². The minimum absolute atomic E-state index is 0.713. The first-order valence-corrected chi connectivity index (χ1v) is 5.98. The molecule has 0 aliphatic carbocycles. The monoisotopic (exact) mass is 200 g/mol. The third-order valence-electron chi connectivity index (χ3n) is 2.87. The van der Waals surface area contributed by atoms with E-state index < -0.39 is 0 Å². The number of hydrogen-bond donors (Lipinski definition) is 1. The third-order valence-corrected chi connectivity index (χ3v) is 2.87. The van der Waals surface area contributed by atoms with Crippen molar-refractivity contribution in [1.29, 1.82) is 0 Å². The molecule has 0 radical (unpaired) electrons. The molecule has 0 saturated heterocycles. The Kier molecular flexibility index (Phi) is 8.20. The van der Waals surface area contributed by atoms with E-state index >= 15 is 0 Å². The number of nitrogens with one attached hydrogen (secondary N) is 1. The number of rotatable bonds is 8. The minimum atomic E-state index is 0.713. The van der Waals surface area contributed by atoms with Crippen molar-refractivity contribution in [1.82, 2.24) is 10.2 Å². The van der Waals surface area contributed by atoms with Gasteiger partial charge >= 0.3 is 0 Å². The predicted molar refractivity (Wildman–Crippen MR) is 64.7 cm³/mol. The second kappa shape index (κ2) is 8.25. The Morgan fingerprint density at radius 1 is 1.14 bits per heavy atom. The summed E-state index contributed by atoms with van der Waals surface area (Å²) in [6.07, 6.45) is 3.87. The largest absolute Gasteiger partial charge is 0.313 e. The van der Waals surface area contributed by atoms with E-state index in [1.54, 1.807) is 0 Å². The Balaban J connectivity index is 3.57. The van der Waals surface area contributed by atoms with Gasteiger partial charge in [-0.3, -0.25) is 0 Å². The minimum Gasteiger partial charge on any atom is -0.313 e. The molecule has 0 bridgehead atoms.